The monoisotopic (exact) mass is 170 g/mol. The van der Waals surface area contributed by atoms with Crippen LogP contribution in [0.5, 0.6) is 0 Å². The standard InChI is InChI=1S/C2H4O3.C2H4O2.2H3N/c3-1-2(4)5;1-2(3)4;;/h3H,1H2,(H,4,5);1H3,(H,3,4);2*1H3. The molecule has 0 heterocycles. The van der Waals surface area contributed by atoms with E-state index < -0.39 is 18.5 Å². The average Bonchev–Trinajstić information content (AvgIpc) is 1.65. The second kappa shape index (κ2) is 15.9. The zero-order chi connectivity index (χ0) is 7.86. The van der Waals surface area contributed by atoms with Crippen LogP contribution in [0.3, 0.4) is 0 Å². The van der Waals surface area contributed by atoms with Crippen LogP contribution < -0.4 is 12.3 Å². The molecular weight excluding hydrogens is 156 g/mol. The van der Waals surface area contributed by atoms with Crippen molar-refractivity contribution in [3.05, 3.63) is 0 Å². The van der Waals surface area contributed by atoms with Crippen molar-refractivity contribution in [3.63, 3.8) is 0 Å². The first-order valence-electron chi connectivity index (χ1n) is 2.03. The zero-order valence-electron chi connectivity index (χ0n) is 6.28. The second-order valence-electron chi connectivity index (χ2n) is 1.07. The molecule has 0 aromatic carbocycles. The van der Waals surface area contributed by atoms with E-state index in [1.54, 1.807) is 0 Å². The van der Waals surface area contributed by atoms with Crippen molar-refractivity contribution < 1.29 is 24.9 Å². The molecule has 0 aliphatic rings. The molecule has 0 rings (SSSR count). The summed E-state index contributed by atoms with van der Waals surface area (Å²) >= 11 is 0. The molecular formula is C4H14N2O5. The van der Waals surface area contributed by atoms with Crippen LogP contribution in [0.25, 0.3) is 0 Å². The van der Waals surface area contributed by atoms with Gasteiger partial charge in [-0.15, -0.1) is 0 Å². The maximum Gasteiger partial charge on any atom is 0.329 e. The molecule has 0 radical (unpaired) electrons. The number of carboxylic acid groups (broad SMARTS) is 2. The summed E-state index contributed by atoms with van der Waals surface area (Å²) in [5.41, 5.74) is 0. The summed E-state index contributed by atoms with van der Waals surface area (Å²) in [6.45, 7) is 0.306. The number of aliphatic hydroxyl groups is 1. The largest absolute Gasteiger partial charge is 0.481 e. The molecule has 0 spiro atoms. The Kier molecular flexibility index (Phi) is 32.6. The number of aliphatic carboxylic acids is 2. The molecule has 0 unspecified atom stereocenters. The van der Waals surface area contributed by atoms with Gasteiger partial charge in [0.2, 0.25) is 0 Å². The summed E-state index contributed by atoms with van der Waals surface area (Å²) in [7, 11) is 0. The van der Waals surface area contributed by atoms with Crippen molar-refractivity contribution in [2.24, 2.45) is 0 Å². The SMILES string of the molecule is CC(=O)O.N.N.O=C(O)CO. The van der Waals surface area contributed by atoms with Crippen LogP contribution in [0.4, 0.5) is 0 Å². The van der Waals surface area contributed by atoms with Crippen molar-refractivity contribution in [2.75, 3.05) is 6.61 Å². The maximum absolute atomic E-state index is 9.12. The van der Waals surface area contributed by atoms with E-state index in [2.05, 4.69) is 0 Å². The number of carbonyl (C=O) groups is 2. The molecule has 0 aromatic heterocycles. The van der Waals surface area contributed by atoms with E-state index in [1.165, 1.54) is 0 Å². The molecule has 0 aliphatic carbocycles. The Labute approximate surface area is 63.8 Å². The smallest absolute Gasteiger partial charge is 0.329 e. The fourth-order valence-corrected chi connectivity index (χ4v) is 0. The minimum Gasteiger partial charge on any atom is -0.481 e. The lowest BCUT2D eigenvalue weighted by atomic mass is 10.8. The van der Waals surface area contributed by atoms with Crippen LogP contribution in [0, 0.1) is 0 Å². The van der Waals surface area contributed by atoms with Crippen LogP contribution >= 0.6 is 0 Å². The number of hydrogen-bond donors (Lipinski definition) is 5. The summed E-state index contributed by atoms with van der Waals surface area (Å²) in [6.07, 6.45) is 0. The number of hydrogen-bond acceptors (Lipinski definition) is 5. The lowest BCUT2D eigenvalue weighted by Gasteiger charge is -1.72. The summed E-state index contributed by atoms with van der Waals surface area (Å²) < 4.78 is 0. The highest BCUT2D eigenvalue weighted by Gasteiger charge is 1.82. The summed E-state index contributed by atoms with van der Waals surface area (Å²) in [6, 6.07) is 0. The van der Waals surface area contributed by atoms with Crippen LogP contribution in [0.1, 0.15) is 6.92 Å². The van der Waals surface area contributed by atoms with Gasteiger partial charge in [0.25, 0.3) is 5.97 Å². The van der Waals surface area contributed by atoms with Crippen molar-refractivity contribution in [1.82, 2.24) is 12.3 Å². The third kappa shape index (κ3) is 610. The third-order valence-corrected chi connectivity index (χ3v) is 0.135. The third-order valence-electron chi connectivity index (χ3n) is 0.135. The minimum absolute atomic E-state index is 0. The van der Waals surface area contributed by atoms with Crippen LogP contribution in [-0.4, -0.2) is 33.9 Å². The topological polar surface area (TPSA) is 165 Å². The van der Waals surface area contributed by atoms with Crippen LogP contribution in [0.15, 0.2) is 0 Å². The second-order valence-corrected chi connectivity index (χ2v) is 1.07. The fraction of sp³-hybridized carbons (Fsp3) is 0.500. The van der Waals surface area contributed by atoms with Crippen molar-refractivity contribution in [2.45, 2.75) is 6.92 Å². The van der Waals surface area contributed by atoms with E-state index in [9.17, 15) is 0 Å². The van der Waals surface area contributed by atoms with Gasteiger partial charge in [-0.25, -0.2) is 4.79 Å². The van der Waals surface area contributed by atoms with Gasteiger partial charge >= 0.3 is 5.97 Å². The first kappa shape index (κ1) is 22.6. The predicted molar refractivity (Wildman–Crippen MR) is 38.1 cm³/mol. The highest BCUT2D eigenvalue weighted by molar-refractivity contribution is 5.67. The summed E-state index contributed by atoms with van der Waals surface area (Å²) in [5.74, 6) is -2.02. The quantitative estimate of drug-likeness (QED) is 0.353. The highest BCUT2D eigenvalue weighted by atomic mass is 16.4. The number of aliphatic hydroxyl groups excluding tert-OH is 1. The molecule has 9 N–H and O–H groups in total. The van der Waals surface area contributed by atoms with Gasteiger partial charge in [0.05, 0.1) is 0 Å². The van der Waals surface area contributed by atoms with Gasteiger partial charge in [0.1, 0.15) is 6.61 Å². The molecule has 0 amide bonds. The van der Waals surface area contributed by atoms with Gasteiger partial charge in [-0.2, -0.15) is 0 Å². The molecule has 0 saturated heterocycles. The van der Waals surface area contributed by atoms with Crippen LogP contribution in [-0.2, 0) is 9.59 Å². The Hall–Kier alpha value is -1.18. The molecule has 0 fully saturated rings. The lowest BCUT2D eigenvalue weighted by molar-refractivity contribution is -0.140. The first-order valence-corrected chi connectivity index (χ1v) is 2.03. The van der Waals surface area contributed by atoms with Crippen molar-refractivity contribution in [1.29, 1.82) is 0 Å². The van der Waals surface area contributed by atoms with Gasteiger partial charge in [-0.3, -0.25) is 4.79 Å². The highest BCUT2D eigenvalue weighted by Crippen LogP contribution is 1.48. The Bertz CT molecular complexity index is 101. The Balaban J connectivity index is -0.0000000383. The Morgan fingerprint density at radius 1 is 1.18 bits per heavy atom. The molecule has 0 bridgehead atoms. The molecule has 11 heavy (non-hydrogen) atoms. The van der Waals surface area contributed by atoms with E-state index in [0.29, 0.717) is 0 Å². The minimum atomic E-state index is -1.19. The van der Waals surface area contributed by atoms with E-state index in [-0.39, 0.29) is 12.3 Å². The maximum atomic E-state index is 9.12. The van der Waals surface area contributed by atoms with E-state index in [0.717, 1.165) is 6.92 Å². The molecule has 7 heteroatoms. The van der Waals surface area contributed by atoms with Gasteiger partial charge in [-0.05, 0) is 0 Å². The number of rotatable bonds is 1. The van der Waals surface area contributed by atoms with Gasteiger partial charge in [-0.1, -0.05) is 0 Å². The van der Waals surface area contributed by atoms with Gasteiger partial charge in [0.15, 0.2) is 0 Å². The molecule has 0 aromatic rings. The molecule has 0 aliphatic heterocycles. The molecule has 0 saturated carbocycles. The molecule has 7 nitrogen and oxygen atoms in total. The first-order chi connectivity index (χ1) is 4.00. The zero-order valence-corrected chi connectivity index (χ0v) is 6.28. The van der Waals surface area contributed by atoms with Crippen molar-refractivity contribution in [3.8, 4) is 0 Å². The van der Waals surface area contributed by atoms with Crippen molar-refractivity contribution >= 4 is 11.9 Å². The molecule has 0 atom stereocenters. The van der Waals surface area contributed by atoms with Gasteiger partial charge in [0, 0.05) is 6.92 Å². The van der Waals surface area contributed by atoms with Gasteiger partial charge < -0.3 is 27.6 Å². The normalized spacial score (nSPS) is 5.64. The average molecular weight is 170 g/mol. The Morgan fingerprint density at radius 3 is 1.27 bits per heavy atom. The van der Waals surface area contributed by atoms with E-state index in [1.807, 2.05) is 0 Å². The molecule has 70 valence electrons. The fourth-order valence-electron chi connectivity index (χ4n) is 0. The van der Waals surface area contributed by atoms with Crippen LogP contribution in [0.2, 0.25) is 0 Å². The summed E-state index contributed by atoms with van der Waals surface area (Å²) in [5, 5.41) is 22.4. The lowest BCUT2D eigenvalue weighted by Crippen LogP contribution is -1.98. The summed E-state index contributed by atoms with van der Waals surface area (Å²) in [4.78, 5) is 18.1. The predicted octanol–water partition coefficient (Wildman–Crippen LogP) is -0.522. The number of carboxylic acids is 2. The van der Waals surface area contributed by atoms with E-state index >= 15 is 0 Å². The van der Waals surface area contributed by atoms with E-state index in [4.69, 9.17) is 24.9 Å². The Morgan fingerprint density at radius 2 is 1.27 bits per heavy atom.